The molecule has 10 nitrogen and oxygen atoms in total. The van der Waals surface area contributed by atoms with Gasteiger partial charge in [-0.2, -0.15) is 10.2 Å². The van der Waals surface area contributed by atoms with Gasteiger partial charge in [-0.3, -0.25) is 19.7 Å². The Morgan fingerprint density at radius 1 is 0.930 bits per heavy atom. The number of halogens is 2. The number of hydrogen-bond donors (Lipinski definition) is 3. The van der Waals surface area contributed by atoms with E-state index in [4.69, 9.17) is 16.3 Å². The fourth-order valence-electron chi connectivity index (χ4n) is 5.17. The van der Waals surface area contributed by atoms with E-state index < -0.39 is 5.82 Å². The number of pyridine rings is 1. The van der Waals surface area contributed by atoms with Gasteiger partial charge >= 0.3 is 0 Å². The molecule has 1 fully saturated rings. The molecular formula is C31H37ClFN7O3. The minimum absolute atomic E-state index is 0.109. The summed E-state index contributed by atoms with van der Waals surface area (Å²) in [5.74, 6) is 0.338. The zero-order valence-electron chi connectivity index (χ0n) is 24.0. The Morgan fingerprint density at radius 3 is 2.47 bits per heavy atom. The van der Waals surface area contributed by atoms with Crippen molar-refractivity contribution in [2.24, 2.45) is 0 Å². The number of piperazine rings is 1. The van der Waals surface area contributed by atoms with Crippen LogP contribution in [0.5, 0.6) is 5.75 Å². The Bertz CT molecular complexity index is 1480. The van der Waals surface area contributed by atoms with Crippen LogP contribution >= 0.6 is 11.6 Å². The van der Waals surface area contributed by atoms with Crippen LogP contribution in [0.1, 0.15) is 0 Å². The lowest BCUT2D eigenvalue weighted by atomic mass is 10.1. The lowest BCUT2D eigenvalue weighted by Gasteiger charge is -2.35. The van der Waals surface area contributed by atoms with Crippen molar-refractivity contribution in [3.8, 4) is 17.0 Å². The average Bonchev–Trinajstić information content (AvgIpc) is 3.02. The third-order valence-corrected chi connectivity index (χ3v) is 7.79. The quantitative estimate of drug-likeness (QED) is 0.196. The summed E-state index contributed by atoms with van der Waals surface area (Å²) in [7, 11) is 0. The van der Waals surface area contributed by atoms with Crippen LogP contribution in [0.4, 0.5) is 15.8 Å². The first-order valence-electron chi connectivity index (χ1n) is 14.5. The summed E-state index contributed by atoms with van der Waals surface area (Å²) in [6, 6.07) is 13.8. The molecule has 0 bridgehead atoms. The first-order valence-corrected chi connectivity index (χ1v) is 14.9. The number of aromatic nitrogens is 3. The second kappa shape index (κ2) is 15.3. The molecule has 0 radical (unpaired) electrons. The van der Waals surface area contributed by atoms with Gasteiger partial charge in [0, 0.05) is 92.8 Å². The van der Waals surface area contributed by atoms with Crippen molar-refractivity contribution >= 4 is 33.9 Å². The number of nitrogens with one attached hydrogen (secondary N) is 1. The molecule has 0 spiro atoms. The number of ether oxygens (including phenoxy) is 1. The molecule has 0 saturated carbocycles. The van der Waals surface area contributed by atoms with Gasteiger partial charge in [-0.25, -0.2) is 4.39 Å². The highest BCUT2D eigenvalue weighted by Gasteiger charge is 2.17. The number of hydrogen-bond acceptors (Lipinski definition) is 10. The predicted molar refractivity (Wildman–Crippen MR) is 166 cm³/mol. The number of anilines is 2. The third-order valence-electron chi connectivity index (χ3n) is 7.56. The van der Waals surface area contributed by atoms with Crippen molar-refractivity contribution in [3.05, 3.63) is 71.8 Å². The average molecular weight is 610 g/mol. The summed E-state index contributed by atoms with van der Waals surface area (Å²) >= 11 is 6.06. The zero-order valence-corrected chi connectivity index (χ0v) is 24.8. The minimum Gasteiger partial charge on any atom is -0.492 e. The van der Waals surface area contributed by atoms with Crippen LogP contribution in [0.3, 0.4) is 0 Å². The molecule has 2 aromatic heterocycles. The van der Waals surface area contributed by atoms with Crippen molar-refractivity contribution in [1.82, 2.24) is 29.9 Å². The van der Waals surface area contributed by atoms with Gasteiger partial charge in [0.2, 0.25) is 0 Å². The number of benzene rings is 2. The number of nitrogens with zero attached hydrogens (tertiary/aromatic N) is 6. The van der Waals surface area contributed by atoms with E-state index in [1.165, 1.54) is 18.2 Å². The van der Waals surface area contributed by atoms with Crippen molar-refractivity contribution < 1.29 is 19.3 Å². The van der Waals surface area contributed by atoms with E-state index >= 15 is 0 Å². The Morgan fingerprint density at radius 2 is 1.70 bits per heavy atom. The maximum absolute atomic E-state index is 14.4. The smallest absolute Gasteiger partial charge is 0.132 e. The van der Waals surface area contributed by atoms with Gasteiger partial charge in [-0.1, -0.05) is 11.6 Å². The Kier molecular flexibility index (Phi) is 11.0. The SMILES string of the molecule is OCCN(CCO)CCN1CCN(CCOc2ccc3c(Nc4cnnc(-c5cc(Cl)ccc5F)c4)ccnc3c2)CC1. The number of fused-ring (bicyclic) bond motifs is 1. The summed E-state index contributed by atoms with van der Waals surface area (Å²) in [5.41, 5.74) is 2.94. The second-order valence-electron chi connectivity index (χ2n) is 10.4. The fraction of sp³-hybridized carbons (Fsp3) is 0.387. The van der Waals surface area contributed by atoms with Crippen LogP contribution in [0, 0.1) is 5.82 Å². The van der Waals surface area contributed by atoms with Gasteiger partial charge in [0.15, 0.2) is 0 Å². The molecule has 4 aromatic rings. The largest absolute Gasteiger partial charge is 0.492 e. The van der Waals surface area contributed by atoms with Crippen LogP contribution in [-0.2, 0) is 0 Å². The molecule has 0 unspecified atom stereocenters. The van der Waals surface area contributed by atoms with Gasteiger partial charge in [0.05, 0.1) is 36.3 Å². The van der Waals surface area contributed by atoms with Crippen LogP contribution in [0.25, 0.3) is 22.2 Å². The van der Waals surface area contributed by atoms with E-state index in [-0.39, 0.29) is 18.8 Å². The van der Waals surface area contributed by atoms with E-state index in [2.05, 4.69) is 35.2 Å². The van der Waals surface area contributed by atoms with Crippen LogP contribution in [-0.4, -0.2) is 119 Å². The normalized spacial score (nSPS) is 14.4. The minimum atomic E-state index is -0.420. The molecule has 228 valence electrons. The van der Waals surface area contributed by atoms with Crippen molar-refractivity contribution in [2.45, 2.75) is 0 Å². The Balaban J connectivity index is 1.13. The van der Waals surface area contributed by atoms with Crippen LogP contribution < -0.4 is 10.1 Å². The topological polar surface area (TPSA) is 110 Å². The third kappa shape index (κ3) is 8.56. The van der Waals surface area contributed by atoms with Gasteiger partial charge in [-0.05, 0) is 42.5 Å². The monoisotopic (exact) mass is 609 g/mol. The molecule has 0 atom stereocenters. The van der Waals surface area contributed by atoms with Crippen molar-refractivity contribution in [2.75, 3.05) is 84.0 Å². The molecule has 1 saturated heterocycles. The van der Waals surface area contributed by atoms with Gasteiger partial charge in [0.1, 0.15) is 18.2 Å². The van der Waals surface area contributed by atoms with E-state index in [1.807, 2.05) is 24.3 Å². The highest BCUT2D eigenvalue weighted by atomic mass is 35.5. The molecule has 1 aliphatic heterocycles. The molecule has 1 aliphatic rings. The molecule has 12 heteroatoms. The lowest BCUT2D eigenvalue weighted by molar-refractivity contribution is 0.0975. The molecule has 0 amide bonds. The van der Waals surface area contributed by atoms with Gasteiger partial charge in [-0.15, -0.1) is 0 Å². The number of rotatable bonds is 14. The lowest BCUT2D eigenvalue weighted by Crippen LogP contribution is -2.49. The Hall–Kier alpha value is -3.45. The number of aliphatic hydroxyl groups excluding tert-OH is 2. The van der Waals surface area contributed by atoms with Crippen LogP contribution in [0.2, 0.25) is 5.02 Å². The van der Waals surface area contributed by atoms with E-state index in [0.717, 1.165) is 68.2 Å². The maximum Gasteiger partial charge on any atom is 0.132 e. The van der Waals surface area contributed by atoms with Gasteiger partial charge < -0.3 is 20.3 Å². The molecule has 43 heavy (non-hydrogen) atoms. The standard InChI is InChI=1S/C31H37ClFN7O3/c32-23-1-4-28(33)27(19-23)31-20-24(22-35-37-31)36-29-5-6-34-30-21-25(2-3-26(29)30)43-18-15-39-10-7-38(8-11-39)9-12-40(13-16-41)14-17-42/h1-6,19-22,41-42H,7-18H2,(H,34,36,37). The highest BCUT2D eigenvalue weighted by Crippen LogP contribution is 2.30. The second-order valence-corrected chi connectivity index (χ2v) is 10.9. The Labute approximate surface area is 255 Å². The summed E-state index contributed by atoms with van der Waals surface area (Å²) in [6.45, 7) is 8.55. The summed E-state index contributed by atoms with van der Waals surface area (Å²) in [4.78, 5) is 11.5. The van der Waals surface area contributed by atoms with Crippen molar-refractivity contribution in [3.63, 3.8) is 0 Å². The molecular weight excluding hydrogens is 573 g/mol. The summed E-state index contributed by atoms with van der Waals surface area (Å²) in [5, 5.41) is 31.2. The molecule has 5 rings (SSSR count). The summed E-state index contributed by atoms with van der Waals surface area (Å²) in [6.07, 6.45) is 3.31. The first-order chi connectivity index (χ1) is 21.0. The fourth-order valence-corrected chi connectivity index (χ4v) is 5.34. The maximum atomic E-state index is 14.4. The molecule has 3 heterocycles. The van der Waals surface area contributed by atoms with Crippen molar-refractivity contribution in [1.29, 1.82) is 0 Å². The van der Waals surface area contributed by atoms with E-state index in [9.17, 15) is 14.6 Å². The molecule has 2 aromatic carbocycles. The van der Waals surface area contributed by atoms with Gasteiger partial charge in [0.25, 0.3) is 0 Å². The number of aliphatic hydroxyl groups is 2. The molecule has 3 N–H and O–H groups in total. The van der Waals surface area contributed by atoms with E-state index in [0.29, 0.717) is 36.1 Å². The molecule has 0 aliphatic carbocycles. The van der Waals surface area contributed by atoms with Crippen LogP contribution in [0.15, 0.2) is 60.9 Å². The first kappa shape index (κ1) is 31.0. The highest BCUT2D eigenvalue weighted by molar-refractivity contribution is 6.30. The predicted octanol–water partition coefficient (Wildman–Crippen LogP) is 3.51. The summed E-state index contributed by atoms with van der Waals surface area (Å²) < 4.78 is 20.5. The van der Waals surface area contributed by atoms with E-state index in [1.54, 1.807) is 18.5 Å². The zero-order chi connectivity index (χ0) is 30.0.